The minimum atomic E-state index is -0.265. The minimum Gasteiger partial charge on any atom is -0.394 e. The number of ether oxygens (including phenoxy) is 7. The fourth-order valence-electron chi connectivity index (χ4n) is 6.77. The molecule has 3 amide bonds. The van der Waals surface area contributed by atoms with Gasteiger partial charge in [-0.3, -0.25) is 14.4 Å². The van der Waals surface area contributed by atoms with Crippen LogP contribution in [-0.4, -0.2) is 160 Å². The van der Waals surface area contributed by atoms with E-state index in [1.54, 1.807) is 7.11 Å². The maximum atomic E-state index is 12.4. The Morgan fingerprint density at radius 1 is 0.446 bits per heavy atom. The lowest BCUT2D eigenvalue weighted by Crippen LogP contribution is -2.37. The van der Waals surface area contributed by atoms with Crippen LogP contribution < -0.4 is 21.7 Å². The average Bonchev–Trinajstić information content (AvgIpc) is 3.31. The summed E-state index contributed by atoms with van der Waals surface area (Å²) in [4.78, 5) is 36.6. The summed E-state index contributed by atoms with van der Waals surface area (Å²) in [5.41, 5.74) is 5.41. The molecule has 6 N–H and O–H groups in total. The molecular formula is C49H98N4O11S. The zero-order valence-electron chi connectivity index (χ0n) is 41.2. The first-order valence-electron chi connectivity index (χ1n) is 25.7. The number of aliphatic hydroxyl groups excluding tert-OH is 1. The third-order valence-corrected chi connectivity index (χ3v) is 11.8. The third-order valence-electron chi connectivity index (χ3n) is 10.7. The molecule has 15 nitrogen and oxygen atoms in total. The summed E-state index contributed by atoms with van der Waals surface area (Å²) in [6, 6.07) is -0.265. The number of amides is 3. The molecule has 16 heteroatoms. The molecule has 0 aromatic rings. The van der Waals surface area contributed by atoms with Crippen molar-refractivity contribution in [1.29, 1.82) is 0 Å². The van der Waals surface area contributed by atoms with Gasteiger partial charge in [-0.25, -0.2) is 0 Å². The molecule has 0 aliphatic heterocycles. The van der Waals surface area contributed by atoms with Gasteiger partial charge >= 0.3 is 0 Å². The largest absolute Gasteiger partial charge is 0.394 e. The van der Waals surface area contributed by atoms with Gasteiger partial charge in [-0.1, -0.05) is 83.5 Å². The van der Waals surface area contributed by atoms with E-state index in [2.05, 4.69) is 27.7 Å². The van der Waals surface area contributed by atoms with Crippen LogP contribution >= 0.6 is 11.8 Å². The van der Waals surface area contributed by atoms with E-state index >= 15 is 0 Å². The van der Waals surface area contributed by atoms with Crippen LogP contribution in [-0.2, 0) is 47.5 Å². The van der Waals surface area contributed by atoms with Gasteiger partial charge in [0, 0.05) is 59.3 Å². The number of hydrogen-bond acceptors (Lipinski definition) is 13. The van der Waals surface area contributed by atoms with Gasteiger partial charge in [0.05, 0.1) is 78.7 Å². The number of rotatable bonds is 55. The normalized spacial score (nSPS) is 11.9. The van der Waals surface area contributed by atoms with Gasteiger partial charge in [-0.15, -0.1) is 0 Å². The molecule has 0 heterocycles. The van der Waals surface area contributed by atoms with Gasteiger partial charge in [-0.05, 0) is 75.8 Å². The molecule has 0 saturated carbocycles. The summed E-state index contributed by atoms with van der Waals surface area (Å²) in [6.45, 7) is 9.32. The fourth-order valence-corrected chi connectivity index (χ4v) is 7.79. The van der Waals surface area contributed by atoms with E-state index < -0.39 is 0 Å². The van der Waals surface area contributed by atoms with Crippen molar-refractivity contribution in [3.8, 4) is 0 Å². The summed E-state index contributed by atoms with van der Waals surface area (Å²) < 4.78 is 37.7. The maximum absolute atomic E-state index is 12.4. The number of carbonyl (C=O) groups is 3. The predicted octanol–water partition coefficient (Wildman–Crippen LogP) is 6.89. The molecule has 0 spiro atoms. The lowest BCUT2D eigenvalue weighted by molar-refractivity contribution is -0.126. The number of aliphatic hydroxyl groups is 1. The van der Waals surface area contributed by atoms with Crippen LogP contribution in [0.3, 0.4) is 0 Å². The highest BCUT2D eigenvalue weighted by molar-refractivity contribution is 7.99. The van der Waals surface area contributed by atoms with E-state index in [9.17, 15) is 19.5 Å². The molecule has 0 aliphatic rings. The molecule has 0 aromatic heterocycles. The summed E-state index contributed by atoms with van der Waals surface area (Å²) >= 11 is 2.12. The van der Waals surface area contributed by atoms with E-state index in [1.807, 2.05) is 0 Å². The molecular weight excluding hydrogens is 853 g/mol. The van der Waals surface area contributed by atoms with E-state index in [0.29, 0.717) is 118 Å². The highest BCUT2D eigenvalue weighted by Gasteiger charge is 2.12. The fraction of sp³-hybridized carbons (Fsp3) is 0.939. The van der Waals surface area contributed by atoms with Gasteiger partial charge in [0.15, 0.2) is 0 Å². The molecule has 0 saturated heterocycles. The van der Waals surface area contributed by atoms with E-state index in [-0.39, 0.29) is 43.2 Å². The van der Waals surface area contributed by atoms with Crippen LogP contribution in [0.2, 0.25) is 0 Å². The molecule has 65 heavy (non-hydrogen) atoms. The Morgan fingerprint density at radius 2 is 0.846 bits per heavy atom. The first-order valence-corrected chi connectivity index (χ1v) is 26.9. The zero-order chi connectivity index (χ0) is 47.2. The molecule has 0 radical (unpaired) electrons. The highest BCUT2D eigenvalue weighted by Crippen LogP contribution is 2.15. The Labute approximate surface area is 399 Å². The van der Waals surface area contributed by atoms with Gasteiger partial charge in [-0.2, -0.15) is 11.8 Å². The second kappa shape index (κ2) is 55.0. The number of hydrogen-bond donors (Lipinski definition) is 5. The lowest BCUT2D eigenvalue weighted by Gasteiger charge is -2.16. The Balaban J connectivity index is 3.42. The van der Waals surface area contributed by atoms with Gasteiger partial charge in [0.2, 0.25) is 17.7 Å². The highest BCUT2D eigenvalue weighted by atomic mass is 32.2. The number of carbonyl (C=O) groups excluding carboxylic acids is 3. The van der Waals surface area contributed by atoms with Crippen molar-refractivity contribution in [2.24, 2.45) is 5.73 Å². The smallest absolute Gasteiger partial charge is 0.220 e. The Hall–Kier alpha value is -1.60. The third kappa shape index (κ3) is 53.2. The van der Waals surface area contributed by atoms with Crippen molar-refractivity contribution in [3.63, 3.8) is 0 Å². The molecule has 1 unspecified atom stereocenters. The minimum absolute atomic E-state index is 0.00122. The van der Waals surface area contributed by atoms with Crippen LogP contribution in [0, 0.1) is 0 Å². The zero-order valence-corrected chi connectivity index (χ0v) is 42.0. The maximum Gasteiger partial charge on any atom is 0.220 e. The average molecular weight is 951 g/mol. The summed E-state index contributed by atoms with van der Waals surface area (Å²) in [5, 5.41) is 18.4. The van der Waals surface area contributed by atoms with Crippen LogP contribution in [0.25, 0.3) is 0 Å². The van der Waals surface area contributed by atoms with Crippen LogP contribution in [0.4, 0.5) is 0 Å². The van der Waals surface area contributed by atoms with Gasteiger partial charge in [0.25, 0.3) is 0 Å². The Bertz CT molecular complexity index is 1010. The second-order valence-electron chi connectivity index (χ2n) is 16.7. The molecule has 386 valence electrons. The summed E-state index contributed by atoms with van der Waals surface area (Å²) in [6.07, 6.45) is 25.9. The quantitative estimate of drug-likeness (QED) is 0.0396. The lowest BCUT2D eigenvalue weighted by atomic mass is 10.1. The van der Waals surface area contributed by atoms with Gasteiger partial charge < -0.3 is 59.9 Å². The van der Waals surface area contributed by atoms with Crippen molar-refractivity contribution >= 4 is 29.5 Å². The number of nitrogens with two attached hydrogens (primary N) is 1. The summed E-state index contributed by atoms with van der Waals surface area (Å²) in [5.74, 6) is 2.27. The summed E-state index contributed by atoms with van der Waals surface area (Å²) in [7, 11) is 1.67. The SMILES string of the molecule is COCCOCCOCCOCCCCCCCCCCCSCCCCCCCCCCC(=O)NC(CO)CCCCNC(=O)CCC(=O)NCCCOCCOCCOCCCN. The van der Waals surface area contributed by atoms with Crippen molar-refractivity contribution < 1.29 is 52.6 Å². The molecule has 0 aromatic carbocycles. The first kappa shape index (κ1) is 63.4. The van der Waals surface area contributed by atoms with Crippen LogP contribution in [0.15, 0.2) is 0 Å². The molecule has 0 fully saturated rings. The second-order valence-corrected chi connectivity index (χ2v) is 17.9. The van der Waals surface area contributed by atoms with Crippen LogP contribution in [0.1, 0.15) is 161 Å². The predicted molar refractivity (Wildman–Crippen MR) is 264 cm³/mol. The van der Waals surface area contributed by atoms with Crippen molar-refractivity contribution in [3.05, 3.63) is 0 Å². The van der Waals surface area contributed by atoms with Gasteiger partial charge in [0.1, 0.15) is 0 Å². The monoisotopic (exact) mass is 951 g/mol. The Kier molecular flexibility index (Phi) is 53.6. The van der Waals surface area contributed by atoms with Crippen molar-refractivity contribution in [2.75, 3.05) is 131 Å². The molecule has 0 rings (SSSR count). The number of methoxy groups -OCH3 is 1. The molecule has 0 aliphatic carbocycles. The van der Waals surface area contributed by atoms with Crippen molar-refractivity contribution in [2.45, 2.75) is 167 Å². The Morgan fingerprint density at radius 3 is 1.32 bits per heavy atom. The van der Waals surface area contributed by atoms with E-state index in [0.717, 1.165) is 45.1 Å². The molecule has 1 atom stereocenters. The van der Waals surface area contributed by atoms with Crippen molar-refractivity contribution in [1.82, 2.24) is 16.0 Å². The van der Waals surface area contributed by atoms with E-state index in [4.69, 9.17) is 38.9 Å². The number of thioether (sulfide) groups is 1. The van der Waals surface area contributed by atoms with Crippen LogP contribution in [0.5, 0.6) is 0 Å². The standard InChI is InChI=1S/C49H98N4O11S/c1-58-33-34-62-41-42-64-38-35-59-30-18-12-8-4-2-5-9-13-19-43-65-44-20-14-10-6-3-7-11-15-24-49(57)53-46(45-54)23-16-17-28-51-47(55)25-26-48(56)52-29-22-32-61-37-40-63-39-36-60-31-21-27-50/h46,54H,2-45,50H2,1H3,(H,51,55)(H,52,56)(H,53,57). The number of unbranched alkanes of at least 4 members (excludes halogenated alkanes) is 16. The molecule has 0 bridgehead atoms. The first-order chi connectivity index (χ1) is 32.0. The number of nitrogens with one attached hydrogen (secondary N) is 3. The van der Waals surface area contributed by atoms with E-state index in [1.165, 1.54) is 101 Å². The topological polar surface area (TPSA) is 198 Å².